The summed E-state index contributed by atoms with van der Waals surface area (Å²) in [6.07, 6.45) is 1.64. The van der Waals surface area contributed by atoms with Gasteiger partial charge in [-0.2, -0.15) is 0 Å². The molecule has 0 spiro atoms. The van der Waals surface area contributed by atoms with Crippen molar-refractivity contribution in [2.45, 2.75) is 13.8 Å². The molecule has 29 heavy (non-hydrogen) atoms. The molecule has 4 rings (SSSR count). The molecule has 1 saturated heterocycles. The summed E-state index contributed by atoms with van der Waals surface area (Å²) in [6.45, 7) is 3.84. The Labute approximate surface area is 175 Å². The van der Waals surface area contributed by atoms with E-state index in [1.165, 1.54) is 17.0 Å². The zero-order chi connectivity index (χ0) is 20.7. The summed E-state index contributed by atoms with van der Waals surface area (Å²) in [7, 11) is 0. The maximum Gasteiger partial charge on any atom is 0.335 e. The number of carbonyl (C=O) groups is 2. The zero-order valence-electron chi connectivity index (χ0n) is 15.5. The van der Waals surface area contributed by atoms with Crippen LogP contribution in [-0.4, -0.2) is 21.3 Å². The van der Waals surface area contributed by atoms with Gasteiger partial charge in [-0.1, -0.05) is 24.0 Å². The van der Waals surface area contributed by atoms with Gasteiger partial charge in [0.25, 0.3) is 5.91 Å². The summed E-state index contributed by atoms with van der Waals surface area (Å²) in [6, 6.07) is 11.4. The number of carbonyl (C=O) groups excluding carboxylic acids is 1. The van der Waals surface area contributed by atoms with E-state index in [0.717, 1.165) is 23.1 Å². The number of thioether (sulfide) groups is 1. The third kappa shape index (κ3) is 3.64. The number of benzene rings is 1. The molecule has 0 atom stereocenters. The normalized spacial score (nSPS) is 15.5. The number of anilines is 1. The number of amides is 1. The van der Waals surface area contributed by atoms with Crippen molar-refractivity contribution in [1.29, 1.82) is 0 Å². The van der Waals surface area contributed by atoms with E-state index >= 15 is 0 Å². The molecular formula is C21H15NO5S2. The van der Waals surface area contributed by atoms with E-state index < -0.39 is 5.97 Å². The summed E-state index contributed by atoms with van der Waals surface area (Å²) in [5.41, 5.74) is 1.69. The van der Waals surface area contributed by atoms with E-state index in [0.29, 0.717) is 32.2 Å². The molecule has 1 aliphatic rings. The Morgan fingerprint density at radius 2 is 1.83 bits per heavy atom. The van der Waals surface area contributed by atoms with Gasteiger partial charge in [-0.15, -0.1) is 0 Å². The first-order chi connectivity index (χ1) is 13.8. The smallest absolute Gasteiger partial charge is 0.335 e. The molecular weight excluding hydrogens is 410 g/mol. The molecule has 0 saturated carbocycles. The Hall–Kier alpha value is -3.10. The van der Waals surface area contributed by atoms with Gasteiger partial charge in [0.05, 0.1) is 16.2 Å². The fourth-order valence-electron chi connectivity index (χ4n) is 2.83. The number of carboxylic acids is 1. The summed E-state index contributed by atoms with van der Waals surface area (Å²) < 4.78 is 11.8. The van der Waals surface area contributed by atoms with Crippen LogP contribution in [0.2, 0.25) is 0 Å². The minimum atomic E-state index is -1.03. The molecule has 0 unspecified atom stereocenters. The Bertz CT molecular complexity index is 1150. The molecule has 0 bridgehead atoms. The Morgan fingerprint density at radius 3 is 2.45 bits per heavy atom. The van der Waals surface area contributed by atoms with Gasteiger partial charge in [-0.25, -0.2) is 4.79 Å². The number of hydrogen-bond donors (Lipinski definition) is 1. The predicted octanol–water partition coefficient (Wildman–Crippen LogP) is 5.26. The zero-order valence-corrected chi connectivity index (χ0v) is 17.1. The second-order valence-electron chi connectivity index (χ2n) is 6.42. The van der Waals surface area contributed by atoms with Gasteiger partial charge in [-0.3, -0.25) is 9.69 Å². The summed E-state index contributed by atoms with van der Waals surface area (Å²) in [5.74, 6) is 1.22. The van der Waals surface area contributed by atoms with E-state index in [-0.39, 0.29) is 11.5 Å². The second kappa shape index (κ2) is 7.38. The lowest BCUT2D eigenvalue weighted by molar-refractivity contribution is -0.113. The van der Waals surface area contributed by atoms with Gasteiger partial charge < -0.3 is 13.9 Å². The number of aryl methyl sites for hydroxylation is 2. The maximum atomic E-state index is 12.8. The van der Waals surface area contributed by atoms with Gasteiger partial charge in [0.1, 0.15) is 11.5 Å². The summed E-state index contributed by atoms with van der Waals surface area (Å²) in [5, 5.41) is 9.02. The van der Waals surface area contributed by atoms with Crippen LogP contribution < -0.4 is 4.90 Å². The highest BCUT2D eigenvalue weighted by Crippen LogP contribution is 2.37. The van der Waals surface area contributed by atoms with Crippen LogP contribution in [0.5, 0.6) is 0 Å². The third-order valence-corrected chi connectivity index (χ3v) is 5.78. The van der Waals surface area contributed by atoms with Gasteiger partial charge in [-0.05, 0) is 61.9 Å². The van der Waals surface area contributed by atoms with Gasteiger partial charge in [0, 0.05) is 6.08 Å². The van der Waals surface area contributed by atoms with Crippen molar-refractivity contribution in [3.8, 4) is 11.5 Å². The number of furan rings is 2. The van der Waals surface area contributed by atoms with Gasteiger partial charge >= 0.3 is 5.97 Å². The van der Waals surface area contributed by atoms with Crippen molar-refractivity contribution in [2.75, 3.05) is 4.90 Å². The molecule has 1 aliphatic heterocycles. The molecule has 1 amide bonds. The Kier molecular flexibility index (Phi) is 4.89. The van der Waals surface area contributed by atoms with Crippen molar-refractivity contribution in [1.82, 2.24) is 0 Å². The first-order valence-electron chi connectivity index (χ1n) is 8.62. The molecule has 8 heteroatoms. The molecule has 0 radical (unpaired) electrons. The van der Waals surface area contributed by atoms with Crippen molar-refractivity contribution in [3.05, 3.63) is 70.0 Å². The van der Waals surface area contributed by atoms with Crippen LogP contribution in [0.1, 0.15) is 27.4 Å². The van der Waals surface area contributed by atoms with E-state index in [4.69, 9.17) is 26.2 Å². The van der Waals surface area contributed by atoms with Crippen molar-refractivity contribution >= 4 is 51.9 Å². The average Bonchev–Trinajstić information content (AvgIpc) is 3.35. The topological polar surface area (TPSA) is 83.9 Å². The molecule has 1 N–H and O–H groups in total. The van der Waals surface area contributed by atoms with E-state index in [1.807, 2.05) is 19.9 Å². The Balaban J connectivity index is 1.58. The van der Waals surface area contributed by atoms with Crippen molar-refractivity contribution in [3.63, 3.8) is 0 Å². The minimum absolute atomic E-state index is 0.140. The monoisotopic (exact) mass is 425 g/mol. The fraction of sp³-hybridized carbons (Fsp3) is 0.0952. The lowest BCUT2D eigenvalue weighted by Gasteiger charge is -2.14. The largest absolute Gasteiger partial charge is 0.478 e. The highest BCUT2D eigenvalue weighted by molar-refractivity contribution is 8.27. The molecule has 1 fully saturated rings. The van der Waals surface area contributed by atoms with Crippen LogP contribution in [0, 0.1) is 13.8 Å². The van der Waals surface area contributed by atoms with Crippen LogP contribution in [0.25, 0.3) is 17.6 Å². The second-order valence-corrected chi connectivity index (χ2v) is 8.10. The maximum absolute atomic E-state index is 12.8. The standard InChI is InChI=1S/C21H15NO5S2/c1-11-9-17(26-12(11)2)16-8-7-15(27-16)10-18-19(23)22(21(28)29-18)14-5-3-13(4-6-14)20(24)25/h3-10H,1-2H3,(H,24,25)/b18-10-. The fourth-order valence-corrected chi connectivity index (χ4v) is 4.11. The summed E-state index contributed by atoms with van der Waals surface area (Å²) >= 11 is 6.50. The van der Waals surface area contributed by atoms with Crippen LogP contribution in [0.4, 0.5) is 5.69 Å². The van der Waals surface area contributed by atoms with Crippen LogP contribution in [-0.2, 0) is 4.79 Å². The van der Waals surface area contributed by atoms with Crippen molar-refractivity contribution in [2.24, 2.45) is 0 Å². The van der Waals surface area contributed by atoms with Crippen LogP contribution in [0.15, 0.2) is 56.2 Å². The number of aromatic carboxylic acids is 1. The SMILES string of the molecule is Cc1cc(-c2ccc(/C=C3\SC(=S)N(c4ccc(C(=O)O)cc4)C3=O)o2)oc1C. The molecule has 3 aromatic rings. The van der Waals surface area contributed by atoms with E-state index in [1.54, 1.807) is 30.3 Å². The first kappa shape index (κ1) is 19.2. The lowest BCUT2D eigenvalue weighted by atomic mass is 10.2. The number of hydrogen-bond acceptors (Lipinski definition) is 6. The molecule has 2 aromatic heterocycles. The van der Waals surface area contributed by atoms with Crippen molar-refractivity contribution < 1.29 is 23.5 Å². The third-order valence-electron chi connectivity index (χ3n) is 4.48. The molecule has 3 heterocycles. The highest BCUT2D eigenvalue weighted by atomic mass is 32.2. The Morgan fingerprint density at radius 1 is 1.10 bits per heavy atom. The lowest BCUT2D eigenvalue weighted by Crippen LogP contribution is -2.27. The average molecular weight is 425 g/mol. The molecule has 1 aromatic carbocycles. The van der Waals surface area contributed by atoms with Gasteiger partial charge in [0.2, 0.25) is 0 Å². The number of rotatable bonds is 4. The summed E-state index contributed by atoms with van der Waals surface area (Å²) in [4.78, 5) is 25.6. The number of thiocarbonyl (C=S) groups is 1. The number of nitrogens with zero attached hydrogens (tertiary/aromatic N) is 1. The predicted molar refractivity (Wildman–Crippen MR) is 115 cm³/mol. The quantitative estimate of drug-likeness (QED) is 0.451. The number of carboxylic acid groups (broad SMARTS) is 1. The van der Waals surface area contributed by atoms with Gasteiger partial charge in [0.15, 0.2) is 15.8 Å². The van der Waals surface area contributed by atoms with E-state index in [2.05, 4.69) is 0 Å². The molecule has 0 aliphatic carbocycles. The van der Waals surface area contributed by atoms with E-state index in [9.17, 15) is 9.59 Å². The molecule has 6 nitrogen and oxygen atoms in total. The molecule has 146 valence electrons. The first-order valence-corrected chi connectivity index (χ1v) is 9.84. The van der Waals surface area contributed by atoms with Crippen LogP contribution in [0.3, 0.4) is 0 Å². The highest BCUT2D eigenvalue weighted by Gasteiger charge is 2.33. The minimum Gasteiger partial charge on any atom is -0.478 e. The van der Waals surface area contributed by atoms with Crippen LogP contribution >= 0.6 is 24.0 Å².